The largest absolute Gasteiger partial charge is 0.305 e. The Kier molecular flexibility index (Phi) is 4.57. The van der Waals surface area contributed by atoms with Crippen molar-refractivity contribution in [2.24, 2.45) is 0 Å². The van der Waals surface area contributed by atoms with Gasteiger partial charge in [-0.1, -0.05) is 49.2 Å². The number of halogens is 1. The van der Waals surface area contributed by atoms with Gasteiger partial charge in [0, 0.05) is 6.20 Å². The minimum Gasteiger partial charge on any atom is -0.305 e. The lowest BCUT2D eigenvalue weighted by Crippen LogP contribution is -2.23. The van der Waals surface area contributed by atoms with Gasteiger partial charge >= 0.3 is 0 Å². The molecule has 110 valence electrons. The maximum atomic E-state index is 6.34. The van der Waals surface area contributed by atoms with Crippen molar-refractivity contribution in [3.8, 4) is 0 Å². The minimum absolute atomic E-state index is 0.0590. The Morgan fingerprint density at radius 3 is 2.81 bits per heavy atom. The molecule has 2 aromatic rings. The molecule has 0 spiro atoms. The maximum Gasteiger partial charge on any atom is 0.0804 e. The highest BCUT2D eigenvalue weighted by molar-refractivity contribution is 6.31. The highest BCUT2D eigenvalue weighted by atomic mass is 35.5. The predicted octanol–water partition coefficient (Wildman–Crippen LogP) is 4.70. The quantitative estimate of drug-likeness (QED) is 0.865. The number of nitrogens with zero attached hydrogens (tertiary/aromatic N) is 1. The van der Waals surface area contributed by atoms with E-state index in [1.54, 1.807) is 6.20 Å². The SMILES string of the molecule is CCNC(c1cccc(C2CCC2)c1)c1ncccc1Cl. The molecule has 0 radical (unpaired) electrons. The minimum atomic E-state index is 0.0590. The zero-order valence-electron chi connectivity index (χ0n) is 12.3. The highest BCUT2D eigenvalue weighted by Crippen LogP contribution is 2.37. The average Bonchev–Trinajstić information content (AvgIpc) is 2.44. The van der Waals surface area contributed by atoms with Gasteiger partial charge in [0.15, 0.2) is 0 Å². The Bertz CT molecular complexity index is 608. The predicted molar refractivity (Wildman–Crippen MR) is 87.8 cm³/mol. The normalized spacial score (nSPS) is 16.5. The summed E-state index contributed by atoms with van der Waals surface area (Å²) in [6.07, 6.45) is 5.80. The van der Waals surface area contributed by atoms with E-state index in [-0.39, 0.29) is 6.04 Å². The van der Waals surface area contributed by atoms with Gasteiger partial charge in [-0.2, -0.15) is 0 Å². The molecule has 1 unspecified atom stereocenters. The second-order valence-corrected chi connectivity index (χ2v) is 6.07. The van der Waals surface area contributed by atoms with Crippen molar-refractivity contribution in [3.05, 3.63) is 64.4 Å². The Morgan fingerprint density at radius 1 is 1.29 bits per heavy atom. The summed E-state index contributed by atoms with van der Waals surface area (Å²) in [4.78, 5) is 4.49. The Labute approximate surface area is 131 Å². The lowest BCUT2D eigenvalue weighted by molar-refractivity contribution is 0.419. The van der Waals surface area contributed by atoms with Crippen molar-refractivity contribution in [1.82, 2.24) is 10.3 Å². The van der Waals surface area contributed by atoms with Gasteiger partial charge in [-0.25, -0.2) is 0 Å². The molecule has 1 fully saturated rings. The molecular weight excluding hydrogens is 280 g/mol. The van der Waals surface area contributed by atoms with E-state index in [1.807, 2.05) is 12.1 Å². The standard InChI is InChI=1S/C18H21ClN2/c1-2-20-17(18-16(19)10-5-11-21-18)15-9-4-8-14(12-15)13-6-3-7-13/h4-5,8-13,17,20H,2-3,6-7H2,1H3. The summed E-state index contributed by atoms with van der Waals surface area (Å²) in [5.74, 6) is 0.742. The summed E-state index contributed by atoms with van der Waals surface area (Å²) in [6.45, 7) is 2.99. The fourth-order valence-electron chi connectivity index (χ4n) is 2.92. The van der Waals surface area contributed by atoms with Crippen LogP contribution in [0.1, 0.15) is 55.0 Å². The first-order valence-corrected chi connectivity index (χ1v) is 8.11. The molecule has 0 amide bonds. The molecule has 3 rings (SSSR count). The van der Waals surface area contributed by atoms with E-state index in [0.29, 0.717) is 0 Å². The molecule has 1 atom stereocenters. The van der Waals surface area contributed by atoms with Gasteiger partial charge in [0.1, 0.15) is 0 Å². The molecule has 2 nitrogen and oxygen atoms in total. The van der Waals surface area contributed by atoms with Gasteiger partial charge < -0.3 is 5.32 Å². The summed E-state index contributed by atoms with van der Waals surface area (Å²) in [5, 5.41) is 4.23. The number of nitrogens with one attached hydrogen (secondary N) is 1. The van der Waals surface area contributed by atoms with Crippen LogP contribution in [-0.4, -0.2) is 11.5 Å². The van der Waals surface area contributed by atoms with Crippen LogP contribution in [0.15, 0.2) is 42.6 Å². The number of pyridine rings is 1. The fourth-order valence-corrected chi connectivity index (χ4v) is 3.15. The van der Waals surface area contributed by atoms with Gasteiger partial charge in [-0.15, -0.1) is 0 Å². The van der Waals surface area contributed by atoms with Crippen molar-refractivity contribution in [2.75, 3.05) is 6.54 Å². The molecule has 1 N–H and O–H groups in total. The fraction of sp³-hybridized carbons (Fsp3) is 0.389. The molecule has 1 aliphatic rings. The zero-order valence-corrected chi connectivity index (χ0v) is 13.1. The summed E-state index contributed by atoms with van der Waals surface area (Å²) in [5.41, 5.74) is 3.61. The second kappa shape index (κ2) is 6.59. The Morgan fingerprint density at radius 2 is 2.14 bits per heavy atom. The monoisotopic (exact) mass is 300 g/mol. The second-order valence-electron chi connectivity index (χ2n) is 5.66. The first kappa shape index (κ1) is 14.6. The van der Waals surface area contributed by atoms with Gasteiger partial charge in [0.05, 0.1) is 16.8 Å². The van der Waals surface area contributed by atoms with Crippen LogP contribution in [0.5, 0.6) is 0 Å². The third-order valence-corrected chi connectivity index (χ3v) is 4.61. The summed E-state index contributed by atoms with van der Waals surface area (Å²) >= 11 is 6.34. The number of aromatic nitrogens is 1. The molecule has 1 aromatic carbocycles. The Balaban J connectivity index is 1.95. The molecule has 0 aliphatic heterocycles. The summed E-state index contributed by atoms with van der Waals surface area (Å²) < 4.78 is 0. The lowest BCUT2D eigenvalue weighted by Gasteiger charge is -2.27. The van der Waals surface area contributed by atoms with Crippen LogP contribution in [0, 0.1) is 0 Å². The number of rotatable bonds is 5. The molecule has 1 heterocycles. The van der Waals surface area contributed by atoms with E-state index in [0.717, 1.165) is 23.2 Å². The first-order valence-electron chi connectivity index (χ1n) is 7.73. The van der Waals surface area contributed by atoms with E-state index in [1.165, 1.54) is 30.4 Å². The number of benzene rings is 1. The number of hydrogen-bond acceptors (Lipinski definition) is 2. The van der Waals surface area contributed by atoms with Crippen molar-refractivity contribution in [2.45, 2.75) is 38.1 Å². The smallest absolute Gasteiger partial charge is 0.0804 e. The molecule has 0 saturated heterocycles. The van der Waals surface area contributed by atoms with Crippen LogP contribution in [-0.2, 0) is 0 Å². The van der Waals surface area contributed by atoms with E-state index in [9.17, 15) is 0 Å². The third-order valence-electron chi connectivity index (χ3n) is 4.29. The van der Waals surface area contributed by atoms with E-state index in [4.69, 9.17) is 11.6 Å². The lowest BCUT2D eigenvalue weighted by atomic mass is 9.79. The molecule has 3 heteroatoms. The van der Waals surface area contributed by atoms with E-state index in [2.05, 4.69) is 41.5 Å². The summed E-state index contributed by atoms with van der Waals surface area (Å²) in [7, 11) is 0. The molecular formula is C18H21ClN2. The van der Waals surface area contributed by atoms with Crippen LogP contribution < -0.4 is 5.32 Å². The highest BCUT2D eigenvalue weighted by Gasteiger charge is 2.22. The molecule has 0 bridgehead atoms. The van der Waals surface area contributed by atoms with E-state index < -0.39 is 0 Å². The van der Waals surface area contributed by atoms with Crippen LogP contribution in [0.2, 0.25) is 5.02 Å². The first-order chi connectivity index (χ1) is 10.3. The van der Waals surface area contributed by atoms with Crippen LogP contribution in [0.25, 0.3) is 0 Å². The molecule has 21 heavy (non-hydrogen) atoms. The van der Waals surface area contributed by atoms with Crippen molar-refractivity contribution < 1.29 is 0 Å². The van der Waals surface area contributed by atoms with Crippen molar-refractivity contribution >= 4 is 11.6 Å². The Hall–Kier alpha value is -1.38. The van der Waals surface area contributed by atoms with Crippen LogP contribution in [0.4, 0.5) is 0 Å². The molecule has 1 saturated carbocycles. The van der Waals surface area contributed by atoms with Crippen LogP contribution in [0.3, 0.4) is 0 Å². The van der Waals surface area contributed by atoms with Crippen molar-refractivity contribution in [3.63, 3.8) is 0 Å². The zero-order chi connectivity index (χ0) is 14.7. The van der Waals surface area contributed by atoms with E-state index >= 15 is 0 Å². The van der Waals surface area contributed by atoms with Crippen LogP contribution >= 0.6 is 11.6 Å². The van der Waals surface area contributed by atoms with Crippen molar-refractivity contribution in [1.29, 1.82) is 0 Å². The van der Waals surface area contributed by atoms with Gasteiger partial charge in [0.2, 0.25) is 0 Å². The summed E-state index contributed by atoms with van der Waals surface area (Å²) in [6, 6.07) is 12.7. The third kappa shape index (κ3) is 3.12. The average molecular weight is 301 g/mol. The number of hydrogen-bond donors (Lipinski definition) is 1. The maximum absolute atomic E-state index is 6.34. The molecule has 1 aliphatic carbocycles. The topological polar surface area (TPSA) is 24.9 Å². The van der Waals surface area contributed by atoms with Gasteiger partial charge in [0.25, 0.3) is 0 Å². The van der Waals surface area contributed by atoms with Gasteiger partial charge in [-0.3, -0.25) is 4.98 Å². The molecule has 1 aromatic heterocycles. The van der Waals surface area contributed by atoms with Gasteiger partial charge in [-0.05, 0) is 48.6 Å².